The molecule has 4 heteroatoms. The van der Waals surface area contributed by atoms with Crippen molar-refractivity contribution in [3.8, 4) is 0 Å². The quantitative estimate of drug-likeness (QED) is 0.294. The van der Waals surface area contributed by atoms with Crippen molar-refractivity contribution >= 4 is 17.6 Å². The largest absolute Gasteiger partial charge is 0.500 e. The Hall–Kier alpha value is -0.700. The van der Waals surface area contributed by atoms with Gasteiger partial charge in [0.25, 0.3) is 0 Å². The summed E-state index contributed by atoms with van der Waals surface area (Å²) in [4.78, 5) is 11.2. The number of hydrogen-bond acceptors (Lipinski definition) is 3. The van der Waals surface area contributed by atoms with Crippen LogP contribution in [0.4, 0.5) is 0 Å². The van der Waals surface area contributed by atoms with Gasteiger partial charge in [-0.1, -0.05) is 13.3 Å². The van der Waals surface area contributed by atoms with Crippen LogP contribution in [-0.4, -0.2) is 25.1 Å². The van der Waals surface area contributed by atoms with E-state index in [9.17, 15) is 4.79 Å². The summed E-state index contributed by atoms with van der Waals surface area (Å²) in [5.74, 6) is 0.361. The zero-order valence-corrected chi connectivity index (χ0v) is 10.3. The average Bonchev–Trinajstić information content (AvgIpc) is 2.18. The van der Waals surface area contributed by atoms with Gasteiger partial charge in [0.15, 0.2) is 0 Å². The van der Waals surface area contributed by atoms with Gasteiger partial charge in [0.1, 0.15) is 5.76 Å². The van der Waals surface area contributed by atoms with Crippen LogP contribution in [0, 0.1) is 0 Å². The molecule has 1 unspecified atom stereocenters. The summed E-state index contributed by atoms with van der Waals surface area (Å²) in [6.45, 7) is 4.33. The first-order valence-corrected chi connectivity index (χ1v) is 5.59. The molecule has 3 nitrogen and oxygen atoms in total. The van der Waals surface area contributed by atoms with Crippen LogP contribution < -0.4 is 0 Å². The number of unbranched alkanes of at least 4 members (excludes halogenated alkanes) is 1. The number of esters is 1. The zero-order valence-electron chi connectivity index (χ0n) is 9.59. The number of carbonyl (C=O) groups is 1. The Labute approximate surface area is 96.4 Å². The summed E-state index contributed by atoms with van der Waals surface area (Å²) >= 11 is 5.81. The number of carbonyl (C=O) groups excluding carboxylic acids is 1. The van der Waals surface area contributed by atoms with Crippen molar-refractivity contribution in [3.63, 3.8) is 0 Å². The monoisotopic (exact) mass is 234 g/mol. The van der Waals surface area contributed by atoms with Crippen LogP contribution in [0.25, 0.3) is 0 Å². The summed E-state index contributed by atoms with van der Waals surface area (Å²) in [7, 11) is 1.53. The molecule has 0 radical (unpaired) electrons. The second-order valence-corrected chi connectivity index (χ2v) is 3.86. The second-order valence-electron chi connectivity index (χ2n) is 3.20. The molecule has 0 amide bonds. The Morgan fingerprint density at radius 2 is 2.20 bits per heavy atom. The molecule has 0 aliphatic carbocycles. The van der Waals surface area contributed by atoms with Crippen molar-refractivity contribution in [3.05, 3.63) is 11.8 Å². The van der Waals surface area contributed by atoms with E-state index in [2.05, 4.69) is 0 Å². The minimum Gasteiger partial charge on any atom is -0.500 e. The van der Waals surface area contributed by atoms with Crippen LogP contribution in [0.2, 0.25) is 0 Å². The van der Waals surface area contributed by atoms with Gasteiger partial charge in [0, 0.05) is 0 Å². The van der Waals surface area contributed by atoms with E-state index in [1.54, 1.807) is 13.0 Å². The molecule has 0 aromatic heterocycles. The van der Waals surface area contributed by atoms with Crippen LogP contribution in [-0.2, 0) is 14.3 Å². The SMILES string of the molecule is CCCCOC(=O)C/C=C(\OC)C(C)Cl. The fraction of sp³-hybridized carbons (Fsp3) is 0.727. The highest BCUT2D eigenvalue weighted by Crippen LogP contribution is 2.10. The maximum Gasteiger partial charge on any atom is 0.309 e. The molecule has 88 valence electrons. The minimum atomic E-state index is -0.240. The molecule has 0 heterocycles. The predicted octanol–water partition coefficient (Wildman–Crippen LogP) is 2.88. The van der Waals surface area contributed by atoms with Crippen molar-refractivity contribution in [1.29, 1.82) is 0 Å². The summed E-state index contributed by atoms with van der Waals surface area (Å²) < 4.78 is 9.98. The van der Waals surface area contributed by atoms with Gasteiger partial charge in [-0.05, 0) is 19.4 Å². The molecular weight excluding hydrogens is 216 g/mol. The normalized spacial score (nSPS) is 13.5. The van der Waals surface area contributed by atoms with Crippen molar-refractivity contribution in [2.45, 2.75) is 38.5 Å². The highest BCUT2D eigenvalue weighted by atomic mass is 35.5. The smallest absolute Gasteiger partial charge is 0.309 e. The third-order valence-corrected chi connectivity index (χ3v) is 2.07. The van der Waals surface area contributed by atoms with E-state index < -0.39 is 0 Å². The first-order valence-electron chi connectivity index (χ1n) is 5.15. The van der Waals surface area contributed by atoms with Crippen molar-refractivity contribution in [2.24, 2.45) is 0 Å². The van der Waals surface area contributed by atoms with Gasteiger partial charge in [-0.25, -0.2) is 0 Å². The van der Waals surface area contributed by atoms with E-state index in [0.717, 1.165) is 12.8 Å². The molecular formula is C11H19ClO3. The van der Waals surface area contributed by atoms with Gasteiger partial charge in [0.05, 0.1) is 25.5 Å². The average molecular weight is 235 g/mol. The fourth-order valence-electron chi connectivity index (χ4n) is 0.981. The fourth-order valence-corrected chi connectivity index (χ4v) is 1.16. The first-order chi connectivity index (χ1) is 7.11. The van der Waals surface area contributed by atoms with Gasteiger partial charge in [-0.2, -0.15) is 0 Å². The third-order valence-electron chi connectivity index (χ3n) is 1.86. The van der Waals surface area contributed by atoms with E-state index >= 15 is 0 Å². The number of ether oxygens (including phenoxy) is 2. The number of alkyl halides is 1. The van der Waals surface area contributed by atoms with E-state index in [4.69, 9.17) is 21.1 Å². The molecule has 0 N–H and O–H groups in total. The van der Waals surface area contributed by atoms with Crippen molar-refractivity contribution in [2.75, 3.05) is 13.7 Å². The number of hydrogen-bond donors (Lipinski definition) is 0. The molecule has 0 rings (SSSR count). The Morgan fingerprint density at radius 3 is 2.67 bits per heavy atom. The molecule has 0 saturated carbocycles. The lowest BCUT2D eigenvalue weighted by Crippen LogP contribution is -2.06. The number of rotatable bonds is 7. The van der Waals surface area contributed by atoms with E-state index in [0.29, 0.717) is 12.4 Å². The topological polar surface area (TPSA) is 35.5 Å². The molecule has 0 bridgehead atoms. The lowest BCUT2D eigenvalue weighted by molar-refractivity contribution is -0.142. The van der Waals surface area contributed by atoms with E-state index in [1.165, 1.54) is 7.11 Å². The number of halogens is 1. The van der Waals surface area contributed by atoms with Gasteiger partial charge >= 0.3 is 5.97 Å². The summed E-state index contributed by atoms with van der Waals surface area (Å²) in [6.07, 6.45) is 3.79. The molecule has 0 aromatic carbocycles. The molecule has 1 atom stereocenters. The van der Waals surface area contributed by atoms with E-state index in [1.807, 2.05) is 6.92 Å². The highest BCUT2D eigenvalue weighted by molar-refractivity contribution is 6.21. The summed E-state index contributed by atoms with van der Waals surface area (Å²) in [5.41, 5.74) is 0. The van der Waals surface area contributed by atoms with Crippen LogP contribution in [0.15, 0.2) is 11.8 Å². The van der Waals surface area contributed by atoms with Crippen molar-refractivity contribution < 1.29 is 14.3 Å². The zero-order chi connectivity index (χ0) is 11.7. The Bertz CT molecular complexity index is 212. The molecule has 0 aliphatic rings. The van der Waals surface area contributed by atoms with Gasteiger partial charge < -0.3 is 9.47 Å². The molecule has 0 spiro atoms. The third kappa shape index (κ3) is 7.25. The Morgan fingerprint density at radius 1 is 1.53 bits per heavy atom. The summed E-state index contributed by atoms with van der Waals surface area (Å²) in [5, 5.41) is -0.224. The first kappa shape index (κ1) is 14.3. The molecule has 0 fully saturated rings. The predicted molar refractivity (Wildman–Crippen MR) is 60.9 cm³/mol. The minimum absolute atomic E-state index is 0.212. The van der Waals surface area contributed by atoms with Crippen LogP contribution in [0.5, 0.6) is 0 Å². The van der Waals surface area contributed by atoms with Crippen LogP contribution in [0.3, 0.4) is 0 Å². The molecule has 15 heavy (non-hydrogen) atoms. The molecule has 0 aliphatic heterocycles. The lowest BCUT2D eigenvalue weighted by Gasteiger charge is -2.07. The number of methoxy groups -OCH3 is 1. The lowest BCUT2D eigenvalue weighted by atomic mass is 10.3. The van der Waals surface area contributed by atoms with Crippen LogP contribution in [0.1, 0.15) is 33.1 Å². The molecule has 0 aromatic rings. The standard InChI is InChI=1S/C11H19ClO3/c1-4-5-8-15-11(13)7-6-10(14-3)9(2)12/h6,9H,4-5,7-8H2,1-3H3/b10-6-. The van der Waals surface area contributed by atoms with Crippen LogP contribution >= 0.6 is 11.6 Å². The Kier molecular flexibility index (Phi) is 8.19. The van der Waals surface area contributed by atoms with E-state index in [-0.39, 0.29) is 17.8 Å². The van der Waals surface area contributed by atoms with Gasteiger partial charge in [-0.3, -0.25) is 4.79 Å². The maximum absolute atomic E-state index is 11.2. The summed E-state index contributed by atoms with van der Waals surface area (Å²) in [6, 6.07) is 0. The van der Waals surface area contributed by atoms with Gasteiger partial charge in [-0.15, -0.1) is 11.6 Å². The molecule has 0 saturated heterocycles. The van der Waals surface area contributed by atoms with Crippen molar-refractivity contribution in [1.82, 2.24) is 0 Å². The maximum atomic E-state index is 11.2. The number of allylic oxidation sites excluding steroid dienone is 1. The Balaban J connectivity index is 3.85. The second kappa shape index (κ2) is 8.60. The van der Waals surface area contributed by atoms with Gasteiger partial charge in [0.2, 0.25) is 0 Å². The highest BCUT2D eigenvalue weighted by Gasteiger charge is 2.06.